The zero-order chi connectivity index (χ0) is 8.59. The number of hydrogen-bond acceptors (Lipinski definition) is 3. The van der Waals surface area contributed by atoms with Gasteiger partial charge in [0.25, 0.3) is 11.8 Å². The number of carbonyl (C=O) groups excluding carboxylic acids is 2. The number of nitrogens with zero attached hydrogens (tertiary/aromatic N) is 1. The Balaban J connectivity index is 2.90. The van der Waals surface area contributed by atoms with E-state index < -0.39 is 0 Å². The van der Waals surface area contributed by atoms with Crippen molar-refractivity contribution in [1.29, 1.82) is 0 Å². The molecule has 0 aliphatic carbocycles. The Hall–Kier alpha value is -0.770. The van der Waals surface area contributed by atoms with Crippen molar-refractivity contribution in [3.8, 4) is 0 Å². The molecule has 1 heterocycles. The van der Waals surface area contributed by atoms with E-state index in [1.165, 1.54) is 11.0 Å². The first kappa shape index (κ1) is 8.33. The Kier molecular flexibility index (Phi) is 2.04. The van der Waals surface area contributed by atoms with Crippen LogP contribution in [0.15, 0.2) is 11.0 Å². The molecule has 0 aromatic heterocycles. The molecular weight excluding hydrogens is 162 g/mol. The van der Waals surface area contributed by atoms with Crippen molar-refractivity contribution < 1.29 is 9.59 Å². The lowest BCUT2D eigenvalue weighted by molar-refractivity contribution is -0.138. The summed E-state index contributed by atoms with van der Waals surface area (Å²) in [7, 11) is 0. The van der Waals surface area contributed by atoms with E-state index in [1.54, 1.807) is 13.8 Å². The fourth-order valence-corrected chi connectivity index (χ4v) is 1.18. The topological polar surface area (TPSA) is 37.4 Å². The van der Waals surface area contributed by atoms with Crippen LogP contribution in [0.3, 0.4) is 0 Å². The van der Waals surface area contributed by atoms with Crippen LogP contribution in [0.4, 0.5) is 0 Å². The summed E-state index contributed by atoms with van der Waals surface area (Å²) in [6, 6.07) is -0.0871. The lowest BCUT2D eigenvalue weighted by atomic mass is 10.3. The summed E-state index contributed by atoms with van der Waals surface area (Å²) in [6.07, 6.45) is 1.24. The van der Waals surface area contributed by atoms with Crippen molar-refractivity contribution in [2.45, 2.75) is 19.9 Å². The van der Waals surface area contributed by atoms with E-state index in [-0.39, 0.29) is 22.8 Å². The minimum Gasteiger partial charge on any atom is -0.272 e. The molecule has 0 saturated heterocycles. The van der Waals surface area contributed by atoms with Gasteiger partial charge in [-0.1, -0.05) is 0 Å². The van der Waals surface area contributed by atoms with Gasteiger partial charge in [0.15, 0.2) is 0 Å². The fraction of sp³-hybridized carbons (Fsp3) is 0.429. The lowest BCUT2D eigenvalue weighted by Gasteiger charge is -2.17. The smallest absolute Gasteiger partial charge is 0.267 e. The molecule has 0 saturated carbocycles. The molecule has 2 amide bonds. The van der Waals surface area contributed by atoms with Gasteiger partial charge in [0, 0.05) is 12.1 Å². The van der Waals surface area contributed by atoms with Gasteiger partial charge >= 0.3 is 0 Å². The third-order valence-corrected chi connectivity index (χ3v) is 1.77. The van der Waals surface area contributed by atoms with Gasteiger partial charge in [-0.05, 0) is 13.8 Å². The molecule has 1 aliphatic heterocycles. The summed E-state index contributed by atoms with van der Waals surface area (Å²) in [5.41, 5.74) is 0. The van der Waals surface area contributed by atoms with E-state index in [4.69, 9.17) is 0 Å². The summed E-state index contributed by atoms with van der Waals surface area (Å²) in [4.78, 5) is 23.5. The second-order valence-electron chi connectivity index (χ2n) is 2.64. The quantitative estimate of drug-likeness (QED) is 0.463. The van der Waals surface area contributed by atoms with Crippen molar-refractivity contribution in [1.82, 2.24) is 4.90 Å². The molecule has 0 bridgehead atoms. The van der Waals surface area contributed by atoms with Gasteiger partial charge in [-0.25, -0.2) is 0 Å². The van der Waals surface area contributed by atoms with Crippen LogP contribution in [0.25, 0.3) is 0 Å². The lowest BCUT2D eigenvalue weighted by Crippen LogP contribution is -2.36. The second-order valence-corrected chi connectivity index (χ2v) is 3.12. The molecule has 60 valence electrons. The van der Waals surface area contributed by atoms with Gasteiger partial charge in [0.05, 0.1) is 4.91 Å². The molecule has 0 aromatic carbocycles. The zero-order valence-corrected chi connectivity index (χ0v) is 7.26. The van der Waals surface area contributed by atoms with Crippen molar-refractivity contribution in [3.63, 3.8) is 0 Å². The summed E-state index contributed by atoms with van der Waals surface area (Å²) in [5, 5.41) is 0. The Bertz CT molecular complexity index is 245. The molecule has 0 radical (unpaired) electrons. The highest BCUT2D eigenvalue weighted by molar-refractivity contribution is 7.85. The van der Waals surface area contributed by atoms with Crippen molar-refractivity contribution >= 4 is 24.4 Å². The molecule has 0 fully saturated rings. The monoisotopic (exact) mass is 171 g/mol. The van der Waals surface area contributed by atoms with Crippen LogP contribution in [0.5, 0.6) is 0 Å². The number of imide groups is 1. The highest BCUT2D eigenvalue weighted by Crippen LogP contribution is 2.17. The van der Waals surface area contributed by atoms with Crippen molar-refractivity contribution in [2.24, 2.45) is 0 Å². The van der Waals surface area contributed by atoms with Crippen LogP contribution in [-0.4, -0.2) is 22.8 Å². The van der Waals surface area contributed by atoms with Crippen LogP contribution in [0.2, 0.25) is 0 Å². The minimum atomic E-state index is -0.298. The molecule has 0 aromatic rings. The van der Waals surface area contributed by atoms with E-state index in [0.29, 0.717) is 0 Å². The number of amides is 2. The normalized spacial score (nSPS) is 18.2. The van der Waals surface area contributed by atoms with Crippen molar-refractivity contribution in [2.75, 3.05) is 0 Å². The van der Waals surface area contributed by atoms with E-state index in [1.807, 2.05) is 0 Å². The number of hydrogen-bond donors (Lipinski definition) is 1. The van der Waals surface area contributed by atoms with Gasteiger partial charge in [0.1, 0.15) is 0 Å². The van der Waals surface area contributed by atoms with Gasteiger partial charge in [-0.3, -0.25) is 14.5 Å². The Morgan fingerprint density at radius 2 is 2.00 bits per heavy atom. The highest BCUT2D eigenvalue weighted by Gasteiger charge is 2.30. The van der Waals surface area contributed by atoms with Gasteiger partial charge in [-0.2, -0.15) is 0 Å². The highest BCUT2D eigenvalue weighted by atomic mass is 32.1. The molecule has 0 atom stereocenters. The largest absolute Gasteiger partial charge is 0.272 e. The van der Waals surface area contributed by atoms with Crippen LogP contribution >= 0.6 is 12.6 Å². The van der Waals surface area contributed by atoms with E-state index in [0.717, 1.165) is 0 Å². The molecule has 0 spiro atoms. The molecule has 1 aliphatic rings. The summed E-state index contributed by atoms with van der Waals surface area (Å²) in [5.74, 6) is -0.566. The van der Waals surface area contributed by atoms with Crippen LogP contribution in [0, 0.1) is 0 Å². The zero-order valence-electron chi connectivity index (χ0n) is 6.37. The fourth-order valence-electron chi connectivity index (χ4n) is 0.961. The second kappa shape index (κ2) is 2.70. The van der Waals surface area contributed by atoms with Crippen LogP contribution < -0.4 is 0 Å². The molecule has 3 nitrogen and oxygen atoms in total. The average molecular weight is 171 g/mol. The molecule has 0 N–H and O–H groups in total. The molecule has 0 unspecified atom stereocenters. The van der Waals surface area contributed by atoms with E-state index in [9.17, 15) is 9.59 Å². The van der Waals surface area contributed by atoms with Gasteiger partial charge in [0.2, 0.25) is 0 Å². The van der Waals surface area contributed by atoms with Crippen LogP contribution in [0.1, 0.15) is 13.8 Å². The number of rotatable bonds is 1. The predicted molar refractivity (Wildman–Crippen MR) is 44.1 cm³/mol. The van der Waals surface area contributed by atoms with Crippen LogP contribution in [-0.2, 0) is 9.59 Å². The third kappa shape index (κ3) is 1.30. The molecule has 1 rings (SSSR count). The van der Waals surface area contributed by atoms with Gasteiger partial charge < -0.3 is 0 Å². The SMILES string of the molecule is CC(C)N1C(=O)C=C(S)C1=O. The first-order valence-electron chi connectivity index (χ1n) is 3.32. The maximum absolute atomic E-state index is 11.1. The third-order valence-electron chi connectivity index (χ3n) is 1.45. The standard InChI is InChI=1S/C7H9NO2S/c1-4(2)8-6(9)3-5(11)7(8)10/h3-4,11H,1-2H3. The predicted octanol–water partition coefficient (Wildman–Crippen LogP) is 0.577. The number of carbonyl (C=O) groups is 2. The maximum atomic E-state index is 11.1. The molecular formula is C7H9NO2S. The van der Waals surface area contributed by atoms with E-state index >= 15 is 0 Å². The Labute approximate surface area is 70.5 Å². The first-order valence-corrected chi connectivity index (χ1v) is 3.77. The summed E-state index contributed by atoms with van der Waals surface area (Å²) in [6.45, 7) is 3.58. The summed E-state index contributed by atoms with van der Waals surface area (Å²) < 4.78 is 0. The Morgan fingerprint density at radius 3 is 2.18 bits per heavy atom. The Morgan fingerprint density at radius 1 is 1.45 bits per heavy atom. The minimum absolute atomic E-state index is 0.0871. The summed E-state index contributed by atoms with van der Waals surface area (Å²) >= 11 is 3.85. The number of thiol groups is 1. The van der Waals surface area contributed by atoms with Crippen molar-refractivity contribution in [3.05, 3.63) is 11.0 Å². The average Bonchev–Trinajstić information content (AvgIpc) is 2.07. The maximum Gasteiger partial charge on any atom is 0.267 e. The molecule has 11 heavy (non-hydrogen) atoms. The first-order chi connectivity index (χ1) is 5.04. The molecule has 4 heteroatoms. The van der Waals surface area contributed by atoms with E-state index in [2.05, 4.69) is 12.6 Å². The van der Waals surface area contributed by atoms with Gasteiger partial charge in [-0.15, -0.1) is 12.6 Å².